The van der Waals surface area contributed by atoms with Gasteiger partial charge in [-0.3, -0.25) is 14.6 Å². The van der Waals surface area contributed by atoms with E-state index in [-0.39, 0.29) is 29.8 Å². The number of esters is 1. The molecule has 1 aromatic rings. The summed E-state index contributed by atoms with van der Waals surface area (Å²) in [6.07, 6.45) is 9.40. The molecule has 0 unspecified atom stereocenters. The molecule has 7 heteroatoms. The summed E-state index contributed by atoms with van der Waals surface area (Å²) in [6, 6.07) is 5.61. The van der Waals surface area contributed by atoms with E-state index >= 15 is 0 Å². The Labute approximate surface area is 227 Å². The number of hydrogen-bond donors (Lipinski definition) is 2. The number of ether oxygens (including phenoxy) is 2. The molecule has 3 rings (SSSR count). The van der Waals surface area contributed by atoms with Gasteiger partial charge in [0.05, 0.1) is 41.4 Å². The van der Waals surface area contributed by atoms with Crippen LogP contribution in [0.3, 0.4) is 0 Å². The number of rotatable bonds is 4. The maximum atomic E-state index is 13.6. The van der Waals surface area contributed by atoms with Crippen molar-refractivity contribution < 1.29 is 29.3 Å². The van der Waals surface area contributed by atoms with Crippen LogP contribution in [0.1, 0.15) is 85.3 Å². The first kappa shape index (κ1) is 30.0. The number of fused-ring (bicyclic) bond motifs is 1. The molecule has 7 atom stereocenters. The van der Waals surface area contributed by atoms with Crippen LogP contribution < -0.4 is 0 Å². The van der Waals surface area contributed by atoms with Gasteiger partial charge in [0.15, 0.2) is 0 Å². The Balaban J connectivity index is 1.89. The van der Waals surface area contributed by atoms with Gasteiger partial charge in [0.2, 0.25) is 0 Å². The number of carbonyl (C=O) groups is 2. The molecule has 0 saturated carbocycles. The van der Waals surface area contributed by atoms with Crippen molar-refractivity contribution in [3.63, 3.8) is 0 Å². The lowest BCUT2D eigenvalue weighted by molar-refractivity contribution is -0.154. The van der Waals surface area contributed by atoms with Crippen LogP contribution in [0.4, 0.5) is 0 Å². The Hall–Kier alpha value is -2.53. The second kappa shape index (κ2) is 12.5. The van der Waals surface area contributed by atoms with Gasteiger partial charge in [-0.25, -0.2) is 0 Å². The standard InChI is InChI=1S/C31H43NO6/c1-7-8-14-23-28(35)20(2)12-11-15-31(6)26(38-31)18-24(21(3)17-22-13-9-10-16-32-22)37-27(34)19-25(33)30(4,5)29(23)36/h1,9-10,13,16-17,20,23-26,28,33,35H,8,11-12,14-15,18-19H2,2-6H3/b21-17+/t20-,23-,24+,25-,26+,28+,31-/m1/s1. The molecular formula is C31H43NO6. The van der Waals surface area contributed by atoms with E-state index in [1.807, 2.05) is 38.1 Å². The number of carbonyl (C=O) groups excluding carboxylic acids is 2. The fourth-order valence-corrected chi connectivity index (χ4v) is 5.42. The third-order valence-corrected chi connectivity index (χ3v) is 8.40. The third kappa shape index (κ3) is 7.31. The summed E-state index contributed by atoms with van der Waals surface area (Å²) in [4.78, 5) is 31.1. The quantitative estimate of drug-likeness (QED) is 0.338. The van der Waals surface area contributed by atoms with Crippen LogP contribution in [0.5, 0.6) is 0 Å². The van der Waals surface area contributed by atoms with Gasteiger partial charge in [0, 0.05) is 25.0 Å². The lowest BCUT2D eigenvalue weighted by atomic mass is 9.71. The van der Waals surface area contributed by atoms with E-state index in [1.165, 1.54) is 0 Å². The zero-order valence-electron chi connectivity index (χ0n) is 23.4. The lowest BCUT2D eigenvalue weighted by Crippen LogP contribution is -2.46. The predicted octanol–water partition coefficient (Wildman–Crippen LogP) is 4.50. The molecule has 3 heterocycles. The molecule has 7 nitrogen and oxygen atoms in total. The number of ketones is 1. The van der Waals surface area contributed by atoms with E-state index in [0.717, 1.165) is 30.5 Å². The predicted molar refractivity (Wildman–Crippen MR) is 146 cm³/mol. The molecule has 0 aliphatic carbocycles. The van der Waals surface area contributed by atoms with Gasteiger partial charge in [-0.2, -0.15) is 0 Å². The van der Waals surface area contributed by atoms with Gasteiger partial charge < -0.3 is 19.7 Å². The zero-order valence-corrected chi connectivity index (χ0v) is 23.4. The summed E-state index contributed by atoms with van der Waals surface area (Å²) < 4.78 is 12.0. The highest BCUT2D eigenvalue weighted by Crippen LogP contribution is 2.45. The van der Waals surface area contributed by atoms with Crippen molar-refractivity contribution in [2.45, 2.75) is 110 Å². The Morgan fingerprint density at radius 1 is 1.26 bits per heavy atom. The minimum absolute atomic E-state index is 0.0770. The van der Waals surface area contributed by atoms with Crippen molar-refractivity contribution in [3.8, 4) is 12.3 Å². The second-order valence-corrected chi connectivity index (χ2v) is 11.8. The summed E-state index contributed by atoms with van der Waals surface area (Å²) in [5.41, 5.74) is -0.0302. The van der Waals surface area contributed by atoms with Crippen molar-refractivity contribution in [2.24, 2.45) is 17.3 Å². The SMILES string of the molecule is C#CCC[C@H]1C(=O)C(C)(C)[C@H](O)CC(=O)O[C@H](/C(C)=C/c2ccccn2)C[C@@H]2O[C@]2(C)CCC[C@@H](C)[C@@H]1O. The van der Waals surface area contributed by atoms with E-state index in [0.29, 0.717) is 19.3 Å². The molecule has 2 fully saturated rings. The molecule has 0 bridgehead atoms. The summed E-state index contributed by atoms with van der Waals surface area (Å²) >= 11 is 0. The number of cyclic esters (lactones) is 1. The molecule has 2 N–H and O–H groups in total. The van der Waals surface area contributed by atoms with Crippen molar-refractivity contribution >= 4 is 17.8 Å². The number of terminal acetylenes is 1. The van der Waals surface area contributed by atoms with Crippen LogP contribution in [-0.2, 0) is 19.1 Å². The van der Waals surface area contributed by atoms with Crippen molar-refractivity contribution in [1.82, 2.24) is 4.98 Å². The summed E-state index contributed by atoms with van der Waals surface area (Å²) in [7, 11) is 0. The highest BCUT2D eigenvalue weighted by atomic mass is 16.6. The van der Waals surface area contributed by atoms with Gasteiger partial charge >= 0.3 is 5.97 Å². The maximum Gasteiger partial charge on any atom is 0.309 e. The summed E-state index contributed by atoms with van der Waals surface area (Å²) in [5.74, 6) is 0.806. The molecule has 2 saturated heterocycles. The average molecular weight is 526 g/mol. The smallest absolute Gasteiger partial charge is 0.309 e. The number of Topliss-reactive ketones (excluding diaryl/α,β-unsaturated/α-hetero) is 1. The summed E-state index contributed by atoms with van der Waals surface area (Å²) in [6.45, 7) is 9.13. The molecule has 208 valence electrons. The number of hydrogen-bond acceptors (Lipinski definition) is 7. The monoisotopic (exact) mass is 525 g/mol. The molecular weight excluding hydrogens is 482 g/mol. The fourth-order valence-electron chi connectivity index (χ4n) is 5.42. The van der Waals surface area contributed by atoms with Crippen molar-refractivity contribution in [1.29, 1.82) is 0 Å². The van der Waals surface area contributed by atoms with Gasteiger partial charge in [-0.1, -0.05) is 33.3 Å². The fraction of sp³-hybridized carbons (Fsp3) is 0.645. The number of aromatic nitrogens is 1. The molecule has 2 aliphatic rings. The number of nitrogens with zero attached hydrogens (tertiary/aromatic N) is 1. The molecule has 0 spiro atoms. The van der Waals surface area contributed by atoms with Gasteiger partial charge in [-0.15, -0.1) is 12.3 Å². The van der Waals surface area contributed by atoms with Crippen molar-refractivity contribution in [3.05, 3.63) is 35.7 Å². The Morgan fingerprint density at radius 2 is 2.00 bits per heavy atom. The molecule has 0 radical (unpaired) electrons. The van der Waals surface area contributed by atoms with Gasteiger partial charge in [0.1, 0.15) is 11.9 Å². The third-order valence-electron chi connectivity index (χ3n) is 8.40. The van der Waals surface area contributed by atoms with Crippen LogP contribution in [0.15, 0.2) is 30.0 Å². The van der Waals surface area contributed by atoms with E-state index < -0.39 is 35.6 Å². The van der Waals surface area contributed by atoms with Crippen LogP contribution in [-0.4, -0.2) is 57.0 Å². The number of aliphatic hydroxyl groups excluding tert-OH is 2. The normalized spacial score (nSPS) is 35.1. The molecule has 1 aromatic heterocycles. The topological polar surface area (TPSA) is 109 Å². The second-order valence-electron chi connectivity index (χ2n) is 11.8. The van der Waals surface area contributed by atoms with E-state index in [4.69, 9.17) is 15.9 Å². The number of aliphatic hydroxyl groups is 2. The molecule has 0 aromatic carbocycles. The molecule has 0 amide bonds. The first-order chi connectivity index (χ1) is 17.9. The van der Waals surface area contributed by atoms with Gasteiger partial charge in [-0.05, 0) is 62.8 Å². The lowest BCUT2D eigenvalue weighted by Gasteiger charge is -2.36. The van der Waals surface area contributed by atoms with Gasteiger partial charge in [0.25, 0.3) is 0 Å². The minimum Gasteiger partial charge on any atom is -0.458 e. The van der Waals surface area contributed by atoms with E-state index in [2.05, 4.69) is 17.8 Å². The Morgan fingerprint density at radius 3 is 2.66 bits per heavy atom. The largest absolute Gasteiger partial charge is 0.458 e. The highest BCUT2D eigenvalue weighted by Gasteiger charge is 2.53. The Bertz CT molecular complexity index is 1040. The Kier molecular flexibility index (Phi) is 9.91. The number of epoxide rings is 1. The van der Waals surface area contributed by atoms with Crippen LogP contribution >= 0.6 is 0 Å². The first-order valence-electron chi connectivity index (χ1n) is 13.7. The summed E-state index contributed by atoms with van der Waals surface area (Å²) in [5, 5.41) is 22.2. The minimum atomic E-state index is -1.28. The van der Waals surface area contributed by atoms with Crippen LogP contribution in [0, 0.1) is 29.6 Å². The zero-order chi connectivity index (χ0) is 28.1. The highest BCUT2D eigenvalue weighted by molar-refractivity contribution is 5.88. The van der Waals surface area contributed by atoms with Crippen LogP contribution in [0.25, 0.3) is 6.08 Å². The maximum absolute atomic E-state index is 13.6. The van der Waals surface area contributed by atoms with E-state index in [9.17, 15) is 19.8 Å². The van der Waals surface area contributed by atoms with Crippen molar-refractivity contribution in [2.75, 3.05) is 0 Å². The number of pyridine rings is 1. The van der Waals surface area contributed by atoms with E-state index in [1.54, 1.807) is 20.0 Å². The average Bonchev–Trinajstić information content (AvgIpc) is 3.51. The van der Waals surface area contributed by atoms with Crippen LogP contribution in [0.2, 0.25) is 0 Å². The first-order valence-corrected chi connectivity index (χ1v) is 13.7. The molecule has 38 heavy (non-hydrogen) atoms. The molecule has 2 aliphatic heterocycles.